The molecule has 0 fully saturated rings. The Morgan fingerprint density at radius 2 is 1.02 bits per heavy atom. The molecule has 262 valence electrons. The van der Waals surface area contributed by atoms with Crippen LogP contribution in [0.5, 0.6) is 0 Å². The van der Waals surface area contributed by atoms with Gasteiger partial charge in [0, 0.05) is 0 Å². The third-order valence-electron chi connectivity index (χ3n) is 12.1. The standard InChI is InChI=1S/C31H29.C9H5Cl2.2C4H9.Ti/c1-18-11-20(3)30(21(4)12-18)26-9-7-24-15-25-8-10-27(17-29(25)28(24)16-26)31-22(5)13-19(2)14-23(31)6;10-8-4-5-9(11)7-3-1-2-6(7)8;2*1-3-4-2;/h7-17H,1-6H3;1-5H;2*1,3-4H2,2H3;. The SMILES string of the molecule is CCC[CH2][Ti]([CH2]CCC)([CH]1C=Cc2c(Cl)ccc(Cl)c21)[CH]1c2ccc(-c3c(C)cc(C)cc3C)cc2-c2cc(-c3c(C)cc(C)cc3C)ccc21. The van der Waals surface area contributed by atoms with Crippen LogP contribution in [0.25, 0.3) is 39.5 Å². The van der Waals surface area contributed by atoms with Gasteiger partial charge in [-0.15, -0.1) is 0 Å². The van der Waals surface area contributed by atoms with Gasteiger partial charge in [0.05, 0.1) is 0 Å². The van der Waals surface area contributed by atoms with Crippen LogP contribution in [0.15, 0.2) is 78.9 Å². The number of halogens is 2. The van der Waals surface area contributed by atoms with Gasteiger partial charge in [-0.05, 0) is 0 Å². The van der Waals surface area contributed by atoms with Crippen LogP contribution in [0.3, 0.4) is 0 Å². The Balaban J connectivity index is 1.52. The van der Waals surface area contributed by atoms with Crippen LogP contribution < -0.4 is 0 Å². The van der Waals surface area contributed by atoms with Gasteiger partial charge in [0.25, 0.3) is 0 Å². The maximum absolute atomic E-state index is 7.21. The van der Waals surface area contributed by atoms with E-state index in [2.05, 4.69) is 128 Å². The molecule has 2 aliphatic rings. The Morgan fingerprint density at radius 1 is 0.569 bits per heavy atom. The third-order valence-corrected chi connectivity index (χ3v) is 22.2. The Bertz CT molecular complexity index is 2030. The molecule has 1 atom stereocenters. The maximum atomic E-state index is 7.21. The molecule has 0 radical (unpaired) electrons. The van der Waals surface area contributed by atoms with Gasteiger partial charge in [0.2, 0.25) is 0 Å². The fourth-order valence-electron chi connectivity index (χ4n) is 10.2. The summed E-state index contributed by atoms with van der Waals surface area (Å²) in [5.41, 5.74) is 21.8. The van der Waals surface area contributed by atoms with Crippen molar-refractivity contribution in [3.05, 3.63) is 145 Å². The number of allylic oxidation sites excluding steroid dienone is 1. The number of hydrogen-bond acceptors (Lipinski definition) is 0. The van der Waals surface area contributed by atoms with Crippen molar-refractivity contribution in [2.75, 3.05) is 0 Å². The molecule has 3 heteroatoms. The molecular weight excluding hydrogens is 695 g/mol. The first kappa shape index (κ1) is 36.5. The van der Waals surface area contributed by atoms with E-state index in [-0.39, 0.29) is 0 Å². The first-order valence-electron chi connectivity index (χ1n) is 19.1. The number of unbranched alkanes of at least 4 members (excludes halogenated alkanes) is 2. The number of benzene rings is 5. The topological polar surface area (TPSA) is 0 Å². The van der Waals surface area contributed by atoms with Gasteiger partial charge in [-0.3, -0.25) is 0 Å². The van der Waals surface area contributed by atoms with E-state index in [9.17, 15) is 0 Å². The molecule has 5 aromatic rings. The van der Waals surface area contributed by atoms with Gasteiger partial charge < -0.3 is 0 Å². The molecular formula is C48H52Cl2Ti. The zero-order chi connectivity index (χ0) is 36.2. The minimum absolute atomic E-state index is 0.357. The molecule has 7 rings (SSSR count). The van der Waals surface area contributed by atoms with Crippen LogP contribution in [-0.4, -0.2) is 0 Å². The number of hydrogen-bond donors (Lipinski definition) is 0. The second-order valence-corrected chi connectivity index (χ2v) is 23.8. The molecule has 0 saturated carbocycles. The van der Waals surface area contributed by atoms with E-state index in [1.54, 1.807) is 0 Å². The summed E-state index contributed by atoms with van der Waals surface area (Å²) in [6.07, 6.45) is 9.75. The number of fused-ring (bicyclic) bond motifs is 4. The molecule has 51 heavy (non-hydrogen) atoms. The number of aryl methyl sites for hydroxylation is 6. The first-order chi connectivity index (χ1) is 24.5. The van der Waals surface area contributed by atoms with E-state index < -0.39 is 16.6 Å². The molecule has 0 bridgehead atoms. The third kappa shape index (κ3) is 6.33. The Hall–Kier alpha value is -2.87. The van der Waals surface area contributed by atoms with Crippen molar-refractivity contribution in [2.45, 2.75) is 99.0 Å². The van der Waals surface area contributed by atoms with Crippen molar-refractivity contribution in [3.8, 4) is 33.4 Å². The van der Waals surface area contributed by atoms with Crippen LogP contribution in [0.1, 0.15) is 104 Å². The predicted molar refractivity (Wildman–Crippen MR) is 221 cm³/mol. The van der Waals surface area contributed by atoms with E-state index in [0.717, 1.165) is 15.6 Å². The Labute approximate surface area is 320 Å². The van der Waals surface area contributed by atoms with Crippen LogP contribution in [-0.2, 0) is 16.6 Å². The summed E-state index contributed by atoms with van der Waals surface area (Å²) in [6.45, 7) is 18.2. The quantitative estimate of drug-likeness (QED) is 0.125. The summed E-state index contributed by atoms with van der Waals surface area (Å²) in [5, 5.41) is 1.71. The summed E-state index contributed by atoms with van der Waals surface area (Å²) < 4.78 is 3.39. The van der Waals surface area contributed by atoms with E-state index in [1.807, 2.05) is 12.1 Å². The zero-order valence-electron chi connectivity index (χ0n) is 31.7. The van der Waals surface area contributed by atoms with Crippen molar-refractivity contribution in [1.29, 1.82) is 0 Å². The van der Waals surface area contributed by atoms with Gasteiger partial charge in [0.1, 0.15) is 0 Å². The summed E-state index contributed by atoms with van der Waals surface area (Å²) in [6, 6.07) is 28.4. The van der Waals surface area contributed by atoms with Crippen LogP contribution in [0, 0.1) is 41.5 Å². The van der Waals surface area contributed by atoms with Crippen molar-refractivity contribution in [2.24, 2.45) is 0 Å². The Kier molecular flexibility index (Phi) is 10.4. The molecule has 1 unspecified atom stereocenters. The first-order valence-corrected chi connectivity index (χ1v) is 23.9. The van der Waals surface area contributed by atoms with Gasteiger partial charge in [-0.2, -0.15) is 0 Å². The molecule has 0 aliphatic heterocycles. The molecule has 0 aromatic heterocycles. The van der Waals surface area contributed by atoms with E-state index in [4.69, 9.17) is 23.2 Å². The molecule has 0 saturated heterocycles. The van der Waals surface area contributed by atoms with Crippen LogP contribution in [0.2, 0.25) is 19.5 Å². The van der Waals surface area contributed by atoms with Gasteiger partial charge in [0.15, 0.2) is 0 Å². The van der Waals surface area contributed by atoms with E-state index >= 15 is 0 Å². The van der Waals surface area contributed by atoms with Crippen LogP contribution >= 0.6 is 23.2 Å². The van der Waals surface area contributed by atoms with E-state index in [1.165, 1.54) is 119 Å². The fourth-order valence-corrected chi connectivity index (χ4v) is 21.7. The zero-order valence-corrected chi connectivity index (χ0v) is 34.8. The molecule has 0 nitrogen and oxygen atoms in total. The molecule has 0 N–H and O–H groups in total. The van der Waals surface area contributed by atoms with Crippen LogP contribution in [0.4, 0.5) is 0 Å². The molecule has 0 heterocycles. The van der Waals surface area contributed by atoms with Crippen molar-refractivity contribution < 1.29 is 16.6 Å². The average molecular weight is 748 g/mol. The molecule has 5 aromatic carbocycles. The predicted octanol–water partition coefficient (Wildman–Crippen LogP) is 15.6. The van der Waals surface area contributed by atoms with Gasteiger partial charge in [-0.25, -0.2) is 0 Å². The monoisotopic (exact) mass is 746 g/mol. The average Bonchev–Trinajstić information content (AvgIpc) is 3.68. The van der Waals surface area contributed by atoms with Crippen molar-refractivity contribution >= 4 is 29.3 Å². The van der Waals surface area contributed by atoms with E-state index in [0.29, 0.717) is 8.45 Å². The molecule has 0 amide bonds. The van der Waals surface area contributed by atoms with Gasteiger partial charge >= 0.3 is 323 Å². The normalized spacial score (nSPS) is 15.0. The number of rotatable bonds is 10. The second kappa shape index (κ2) is 14.5. The van der Waals surface area contributed by atoms with Crippen molar-refractivity contribution in [1.82, 2.24) is 0 Å². The summed E-state index contributed by atoms with van der Waals surface area (Å²) >= 11 is 11.1. The molecule has 2 aliphatic carbocycles. The minimum atomic E-state index is -3.03. The fraction of sp³-hybridized carbons (Fsp3) is 0.333. The van der Waals surface area contributed by atoms with Crippen molar-refractivity contribution in [3.63, 3.8) is 0 Å². The summed E-state index contributed by atoms with van der Waals surface area (Å²) in [4.78, 5) is 0. The van der Waals surface area contributed by atoms with Gasteiger partial charge in [-0.1, -0.05) is 0 Å². The second-order valence-electron chi connectivity index (χ2n) is 15.7. The summed E-state index contributed by atoms with van der Waals surface area (Å²) in [7, 11) is 0. The molecule has 0 spiro atoms. The Morgan fingerprint density at radius 3 is 1.47 bits per heavy atom. The summed E-state index contributed by atoms with van der Waals surface area (Å²) in [5.74, 6) is 0.